The zero-order valence-electron chi connectivity index (χ0n) is 14.2. The first-order chi connectivity index (χ1) is 13.1. The standard InChI is InChI=1S/C19H16FN5O2/c20-15-4-1-14(2-5-15)3-10-18(26)22-11-19(27)24-16-6-8-17(9-7-16)25-13-21-12-23-25/h1-10,12-13H,11H2,(H,22,26)(H,24,27)/b10-3+. The van der Waals surface area contributed by atoms with Crippen molar-refractivity contribution in [2.45, 2.75) is 0 Å². The quantitative estimate of drug-likeness (QED) is 0.655. The monoisotopic (exact) mass is 365 g/mol. The van der Waals surface area contributed by atoms with Crippen LogP contribution in [0, 0.1) is 5.82 Å². The zero-order valence-corrected chi connectivity index (χ0v) is 14.2. The van der Waals surface area contributed by atoms with Gasteiger partial charge in [-0.3, -0.25) is 9.59 Å². The predicted octanol–water partition coefficient (Wildman–Crippen LogP) is 2.17. The molecule has 0 atom stereocenters. The van der Waals surface area contributed by atoms with E-state index in [9.17, 15) is 14.0 Å². The lowest BCUT2D eigenvalue weighted by Crippen LogP contribution is -2.31. The van der Waals surface area contributed by atoms with Crippen molar-refractivity contribution in [2.75, 3.05) is 11.9 Å². The van der Waals surface area contributed by atoms with Crippen molar-refractivity contribution in [2.24, 2.45) is 0 Å². The first-order valence-corrected chi connectivity index (χ1v) is 8.06. The third-order valence-corrected chi connectivity index (χ3v) is 3.55. The van der Waals surface area contributed by atoms with Gasteiger partial charge in [0.25, 0.3) is 0 Å². The van der Waals surface area contributed by atoms with E-state index in [2.05, 4.69) is 20.7 Å². The molecule has 2 amide bonds. The fourth-order valence-electron chi connectivity index (χ4n) is 2.22. The second kappa shape index (κ2) is 8.52. The first-order valence-electron chi connectivity index (χ1n) is 8.06. The molecule has 0 unspecified atom stereocenters. The molecule has 0 aliphatic carbocycles. The maximum absolute atomic E-state index is 12.8. The van der Waals surface area contributed by atoms with Crippen LogP contribution < -0.4 is 10.6 Å². The Bertz CT molecular complexity index is 935. The van der Waals surface area contributed by atoms with Gasteiger partial charge in [-0.05, 0) is 48.0 Å². The van der Waals surface area contributed by atoms with Gasteiger partial charge in [-0.1, -0.05) is 12.1 Å². The molecule has 0 saturated heterocycles. The third kappa shape index (κ3) is 5.33. The molecule has 27 heavy (non-hydrogen) atoms. The Hall–Kier alpha value is -3.81. The number of halogens is 1. The van der Waals surface area contributed by atoms with Crippen LogP contribution in [-0.2, 0) is 9.59 Å². The summed E-state index contributed by atoms with van der Waals surface area (Å²) in [5, 5.41) is 9.18. The number of nitrogens with zero attached hydrogens (tertiary/aromatic N) is 3. The van der Waals surface area contributed by atoms with E-state index < -0.39 is 5.91 Å². The van der Waals surface area contributed by atoms with E-state index in [0.29, 0.717) is 11.3 Å². The Morgan fingerprint density at radius 1 is 1.07 bits per heavy atom. The van der Waals surface area contributed by atoms with E-state index >= 15 is 0 Å². The Morgan fingerprint density at radius 3 is 2.48 bits per heavy atom. The molecule has 3 aromatic rings. The van der Waals surface area contributed by atoms with Gasteiger partial charge in [0.2, 0.25) is 11.8 Å². The number of carbonyl (C=O) groups is 2. The highest BCUT2D eigenvalue weighted by atomic mass is 19.1. The van der Waals surface area contributed by atoms with Crippen molar-refractivity contribution in [1.82, 2.24) is 20.1 Å². The average Bonchev–Trinajstić information content (AvgIpc) is 3.21. The SMILES string of the molecule is O=C(/C=C/c1ccc(F)cc1)NCC(=O)Nc1ccc(-n2cncn2)cc1. The van der Waals surface area contributed by atoms with Gasteiger partial charge in [0, 0.05) is 11.8 Å². The molecular formula is C19H16FN5O2. The van der Waals surface area contributed by atoms with Gasteiger partial charge in [0.05, 0.1) is 12.2 Å². The van der Waals surface area contributed by atoms with Gasteiger partial charge in [-0.25, -0.2) is 14.1 Å². The maximum Gasteiger partial charge on any atom is 0.244 e. The molecule has 1 aromatic heterocycles. The molecule has 0 bridgehead atoms. The van der Waals surface area contributed by atoms with Crippen LogP contribution >= 0.6 is 0 Å². The van der Waals surface area contributed by atoms with Crippen molar-refractivity contribution in [3.8, 4) is 5.69 Å². The summed E-state index contributed by atoms with van der Waals surface area (Å²) in [4.78, 5) is 27.5. The molecule has 0 saturated carbocycles. The highest BCUT2D eigenvalue weighted by molar-refractivity contribution is 5.98. The number of hydrogen-bond acceptors (Lipinski definition) is 4. The second-order valence-electron chi connectivity index (χ2n) is 5.54. The van der Waals surface area contributed by atoms with Crippen LogP contribution in [0.15, 0.2) is 67.3 Å². The highest BCUT2D eigenvalue weighted by Crippen LogP contribution is 2.12. The summed E-state index contributed by atoms with van der Waals surface area (Å²) in [6.45, 7) is -0.169. The summed E-state index contributed by atoms with van der Waals surface area (Å²) in [5.41, 5.74) is 2.09. The van der Waals surface area contributed by atoms with E-state index in [4.69, 9.17) is 0 Å². The number of benzene rings is 2. The number of hydrogen-bond donors (Lipinski definition) is 2. The fraction of sp³-hybridized carbons (Fsp3) is 0.0526. The van der Waals surface area contributed by atoms with E-state index in [1.165, 1.54) is 30.6 Å². The zero-order chi connectivity index (χ0) is 19.1. The van der Waals surface area contributed by atoms with Gasteiger partial charge in [0.1, 0.15) is 18.5 Å². The van der Waals surface area contributed by atoms with E-state index in [1.807, 2.05) is 0 Å². The van der Waals surface area contributed by atoms with Gasteiger partial charge in [-0.2, -0.15) is 5.10 Å². The van der Waals surface area contributed by atoms with Crippen LogP contribution in [-0.4, -0.2) is 33.1 Å². The summed E-state index contributed by atoms with van der Waals surface area (Å²) in [5.74, 6) is -1.12. The van der Waals surface area contributed by atoms with Crippen molar-refractivity contribution >= 4 is 23.6 Å². The Labute approximate surface area is 154 Å². The van der Waals surface area contributed by atoms with Gasteiger partial charge < -0.3 is 10.6 Å². The number of aromatic nitrogens is 3. The van der Waals surface area contributed by atoms with Crippen LogP contribution in [0.1, 0.15) is 5.56 Å². The molecular weight excluding hydrogens is 349 g/mol. The Kier molecular flexibility index (Phi) is 5.68. The normalized spacial score (nSPS) is 10.7. The van der Waals surface area contributed by atoms with Crippen LogP contribution in [0.4, 0.5) is 10.1 Å². The predicted molar refractivity (Wildman–Crippen MR) is 98.4 cm³/mol. The third-order valence-electron chi connectivity index (χ3n) is 3.55. The number of rotatable bonds is 6. The first kappa shape index (κ1) is 18.0. The lowest BCUT2D eigenvalue weighted by Gasteiger charge is -2.07. The number of anilines is 1. The molecule has 0 radical (unpaired) electrons. The number of nitrogens with one attached hydrogen (secondary N) is 2. The lowest BCUT2D eigenvalue weighted by molar-refractivity contribution is -0.121. The second-order valence-corrected chi connectivity index (χ2v) is 5.54. The molecule has 1 heterocycles. The molecule has 8 heteroatoms. The molecule has 0 aliphatic heterocycles. The smallest absolute Gasteiger partial charge is 0.244 e. The highest BCUT2D eigenvalue weighted by Gasteiger charge is 2.05. The molecule has 7 nitrogen and oxygen atoms in total. The summed E-state index contributed by atoms with van der Waals surface area (Å²) < 4.78 is 14.4. The maximum atomic E-state index is 12.8. The van der Waals surface area contributed by atoms with E-state index in [-0.39, 0.29) is 18.3 Å². The van der Waals surface area contributed by atoms with Crippen molar-refractivity contribution in [1.29, 1.82) is 0 Å². The number of carbonyl (C=O) groups excluding carboxylic acids is 2. The Morgan fingerprint density at radius 2 is 1.81 bits per heavy atom. The molecule has 0 spiro atoms. The van der Waals surface area contributed by atoms with Crippen LogP contribution in [0.25, 0.3) is 11.8 Å². The van der Waals surface area contributed by atoms with Crippen LogP contribution in [0.2, 0.25) is 0 Å². The summed E-state index contributed by atoms with van der Waals surface area (Å²) in [6.07, 6.45) is 5.83. The van der Waals surface area contributed by atoms with Crippen molar-refractivity contribution in [3.63, 3.8) is 0 Å². The summed E-state index contributed by atoms with van der Waals surface area (Å²) in [6, 6.07) is 12.7. The number of amides is 2. The summed E-state index contributed by atoms with van der Waals surface area (Å²) >= 11 is 0. The fourth-order valence-corrected chi connectivity index (χ4v) is 2.22. The molecule has 136 valence electrons. The molecule has 2 N–H and O–H groups in total. The van der Waals surface area contributed by atoms with Crippen LogP contribution in [0.5, 0.6) is 0 Å². The minimum atomic E-state index is -0.420. The molecule has 0 fully saturated rings. The Balaban J connectivity index is 1.46. The minimum Gasteiger partial charge on any atom is -0.343 e. The van der Waals surface area contributed by atoms with Gasteiger partial charge >= 0.3 is 0 Å². The van der Waals surface area contributed by atoms with Gasteiger partial charge in [-0.15, -0.1) is 0 Å². The van der Waals surface area contributed by atoms with Crippen molar-refractivity contribution < 1.29 is 14.0 Å². The molecule has 3 rings (SSSR count). The topological polar surface area (TPSA) is 88.9 Å². The van der Waals surface area contributed by atoms with Gasteiger partial charge in [0.15, 0.2) is 0 Å². The van der Waals surface area contributed by atoms with Crippen molar-refractivity contribution in [3.05, 3.63) is 78.6 Å². The molecule has 2 aromatic carbocycles. The lowest BCUT2D eigenvalue weighted by atomic mass is 10.2. The average molecular weight is 365 g/mol. The minimum absolute atomic E-state index is 0.169. The summed E-state index contributed by atoms with van der Waals surface area (Å²) in [7, 11) is 0. The largest absolute Gasteiger partial charge is 0.343 e. The van der Waals surface area contributed by atoms with E-state index in [1.54, 1.807) is 47.4 Å². The van der Waals surface area contributed by atoms with Crippen LogP contribution in [0.3, 0.4) is 0 Å². The molecule has 0 aliphatic rings. The van der Waals surface area contributed by atoms with E-state index in [0.717, 1.165) is 5.69 Å².